The highest BCUT2D eigenvalue weighted by molar-refractivity contribution is 7.07. The summed E-state index contributed by atoms with van der Waals surface area (Å²) < 4.78 is 4.65. The fourth-order valence-corrected chi connectivity index (χ4v) is 1.08. The molecule has 1 aromatic rings. The lowest BCUT2D eigenvalue weighted by atomic mass is 10.6. The van der Waals surface area contributed by atoms with Crippen LogP contribution in [-0.4, -0.2) is 24.5 Å². The average Bonchev–Trinajstić information content (AvgIpc) is 2.57. The molecule has 0 amide bonds. The molecule has 0 fully saturated rings. The smallest absolute Gasteiger partial charge is 0.169 e. The van der Waals surface area contributed by atoms with E-state index in [1.54, 1.807) is 11.3 Å². The second-order valence-electron chi connectivity index (χ2n) is 2.01. The van der Waals surface area contributed by atoms with Crippen LogP contribution in [0.5, 0.6) is 0 Å². The van der Waals surface area contributed by atoms with Gasteiger partial charge in [-0.25, -0.2) is 0 Å². The van der Waals surface area contributed by atoms with Crippen LogP contribution in [0, 0.1) is 6.92 Å². The van der Waals surface area contributed by atoms with Crippen LogP contribution < -0.4 is 0 Å². The number of nitrogens with zero attached hydrogens (tertiary/aromatic N) is 2. The fraction of sp³-hybridized carbons (Fsp3) is 0.429. The number of hydrogen-bond donors (Lipinski definition) is 0. The van der Waals surface area contributed by atoms with E-state index in [2.05, 4.69) is 14.7 Å². The zero-order chi connectivity index (χ0) is 7.94. The molecule has 2 heterocycles. The third-order valence-electron chi connectivity index (χ3n) is 1.04. The van der Waals surface area contributed by atoms with Gasteiger partial charge in [0.25, 0.3) is 0 Å². The van der Waals surface area contributed by atoms with Crippen LogP contribution in [0.15, 0.2) is 15.9 Å². The first kappa shape index (κ1) is 8.20. The van der Waals surface area contributed by atoms with Gasteiger partial charge in [0.1, 0.15) is 6.61 Å². The monoisotopic (exact) mass is 170 g/mol. The number of thiazole rings is 1. The molecule has 4 heteroatoms. The Morgan fingerprint density at radius 1 is 1.64 bits per heavy atom. The zero-order valence-corrected chi connectivity index (χ0v) is 7.17. The lowest BCUT2D eigenvalue weighted by Gasteiger charge is -1.76. The molecule has 0 saturated carbocycles. The minimum Gasteiger partial charge on any atom is -0.482 e. The zero-order valence-electron chi connectivity index (χ0n) is 6.36. The van der Waals surface area contributed by atoms with Crippen molar-refractivity contribution >= 4 is 17.7 Å². The highest BCUT2D eigenvalue weighted by atomic mass is 32.1. The van der Waals surface area contributed by atoms with Gasteiger partial charge in [-0.2, -0.15) is 0 Å². The normalized spacial score (nSPS) is 13.5. The maximum atomic E-state index is 4.65. The van der Waals surface area contributed by atoms with Crippen molar-refractivity contribution in [3.63, 3.8) is 0 Å². The Labute approximate surface area is 69.8 Å². The van der Waals surface area contributed by atoms with Gasteiger partial charge in [0.15, 0.2) is 6.40 Å². The first-order valence-corrected chi connectivity index (χ1v) is 4.28. The minimum atomic E-state index is 0.778. The highest BCUT2D eigenvalue weighted by Crippen LogP contribution is 1.95. The SMILES string of the molecule is C1=NCCO1.Cc1cscn1. The Hall–Kier alpha value is -0.900. The second kappa shape index (κ2) is 4.85. The van der Waals surface area contributed by atoms with E-state index in [1.165, 1.54) is 6.40 Å². The standard InChI is InChI=1S/C4H5NS.C3H5NO/c1-4-2-6-3-5-4;1-2-5-3-4-1/h2-3H,1H3;3H,1-2H2. The summed E-state index contributed by atoms with van der Waals surface area (Å²) >= 11 is 1.63. The Bertz CT molecular complexity index is 202. The first-order chi connectivity index (χ1) is 5.39. The summed E-state index contributed by atoms with van der Waals surface area (Å²) in [6.45, 7) is 3.61. The molecule has 1 aliphatic heterocycles. The summed E-state index contributed by atoms with van der Waals surface area (Å²) in [7, 11) is 0. The number of hydrogen-bond acceptors (Lipinski definition) is 4. The van der Waals surface area contributed by atoms with Gasteiger partial charge in [-0.05, 0) is 6.92 Å². The van der Waals surface area contributed by atoms with Crippen LogP contribution in [0.25, 0.3) is 0 Å². The first-order valence-electron chi connectivity index (χ1n) is 3.34. The van der Waals surface area contributed by atoms with Crippen LogP contribution in [0.1, 0.15) is 5.69 Å². The number of aryl methyl sites for hydroxylation is 1. The van der Waals surface area contributed by atoms with Gasteiger partial charge in [-0.15, -0.1) is 11.3 Å². The molecule has 0 saturated heterocycles. The van der Waals surface area contributed by atoms with Gasteiger partial charge >= 0.3 is 0 Å². The highest BCUT2D eigenvalue weighted by Gasteiger charge is 1.84. The summed E-state index contributed by atoms with van der Waals surface area (Å²) in [6.07, 6.45) is 1.49. The lowest BCUT2D eigenvalue weighted by molar-refractivity contribution is 0.361. The number of aliphatic imine (C=N–C) groups is 1. The Morgan fingerprint density at radius 3 is 2.73 bits per heavy atom. The molecule has 0 unspecified atom stereocenters. The van der Waals surface area contributed by atoms with Crippen molar-refractivity contribution in [1.29, 1.82) is 0 Å². The number of aromatic nitrogens is 1. The van der Waals surface area contributed by atoms with Gasteiger partial charge in [0.05, 0.1) is 12.1 Å². The molecule has 0 atom stereocenters. The molecule has 0 radical (unpaired) electrons. The van der Waals surface area contributed by atoms with Crippen molar-refractivity contribution in [3.05, 3.63) is 16.6 Å². The maximum absolute atomic E-state index is 4.65. The van der Waals surface area contributed by atoms with Crippen molar-refractivity contribution in [3.8, 4) is 0 Å². The largest absolute Gasteiger partial charge is 0.482 e. The van der Waals surface area contributed by atoms with Gasteiger partial charge in [0, 0.05) is 11.1 Å². The molecule has 0 N–H and O–H groups in total. The summed E-state index contributed by atoms with van der Waals surface area (Å²) in [4.78, 5) is 7.67. The second-order valence-corrected chi connectivity index (χ2v) is 2.73. The predicted octanol–water partition coefficient (Wildman–Crippen LogP) is 1.50. The number of ether oxygens (including phenoxy) is 1. The Morgan fingerprint density at radius 2 is 2.55 bits per heavy atom. The van der Waals surface area contributed by atoms with Crippen LogP contribution in [0.3, 0.4) is 0 Å². The van der Waals surface area contributed by atoms with Crippen molar-refractivity contribution in [2.75, 3.05) is 13.2 Å². The maximum Gasteiger partial charge on any atom is 0.169 e. The molecule has 0 aromatic carbocycles. The summed E-state index contributed by atoms with van der Waals surface area (Å²) in [5.41, 5.74) is 2.94. The van der Waals surface area contributed by atoms with Gasteiger partial charge < -0.3 is 4.74 Å². The van der Waals surface area contributed by atoms with Crippen LogP contribution in [-0.2, 0) is 4.74 Å². The summed E-state index contributed by atoms with van der Waals surface area (Å²) in [5.74, 6) is 0. The van der Waals surface area contributed by atoms with Crippen molar-refractivity contribution in [2.45, 2.75) is 6.92 Å². The molecule has 1 aliphatic rings. The van der Waals surface area contributed by atoms with E-state index in [9.17, 15) is 0 Å². The topological polar surface area (TPSA) is 34.5 Å². The van der Waals surface area contributed by atoms with Gasteiger partial charge in [-0.1, -0.05) is 0 Å². The minimum absolute atomic E-state index is 0.778. The third-order valence-corrected chi connectivity index (χ3v) is 1.75. The molecule has 60 valence electrons. The van der Waals surface area contributed by atoms with E-state index in [4.69, 9.17) is 0 Å². The predicted molar refractivity (Wildman–Crippen MR) is 46.2 cm³/mol. The number of rotatable bonds is 0. The average molecular weight is 170 g/mol. The molecule has 2 rings (SSSR count). The van der Waals surface area contributed by atoms with Crippen LogP contribution in [0.2, 0.25) is 0 Å². The molecule has 1 aromatic heterocycles. The van der Waals surface area contributed by atoms with E-state index in [-0.39, 0.29) is 0 Å². The molecule has 0 aliphatic carbocycles. The Balaban J connectivity index is 0.000000112. The quantitative estimate of drug-likeness (QED) is 0.591. The summed E-state index contributed by atoms with van der Waals surface area (Å²) in [5, 5.41) is 2.01. The molecule has 11 heavy (non-hydrogen) atoms. The lowest BCUT2D eigenvalue weighted by Crippen LogP contribution is -1.80. The Kier molecular flexibility index (Phi) is 3.61. The van der Waals surface area contributed by atoms with E-state index in [0.717, 1.165) is 18.8 Å². The third kappa shape index (κ3) is 3.72. The molecule has 0 bridgehead atoms. The van der Waals surface area contributed by atoms with Crippen molar-refractivity contribution in [2.24, 2.45) is 4.99 Å². The van der Waals surface area contributed by atoms with E-state index >= 15 is 0 Å². The van der Waals surface area contributed by atoms with Gasteiger partial charge in [-0.3, -0.25) is 9.98 Å². The van der Waals surface area contributed by atoms with E-state index < -0.39 is 0 Å². The van der Waals surface area contributed by atoms with Gasteiger partial charge in [0.2, 0.25) is 0 Å². The van der Waals surface area contributed by atoms with E-state index in [0.29, 0.717) is 0 Å². The molecule has 3 nitrogen and oxygen atoms in total. The van der Waals surface area contributed by atoms with E-state index in [1.807, 2.05) is 17.8 Å². The molecule has 0 spiro atoms. The van der Waals surface area contributed by atoms with Crippen LogP contribution in [0.4, 0.5) is 0 Å². The summed E-state index contributed by atoms with van der Waals surface area (Å²) in [6, 6.07) is 0. The molecular weight excluding hydrogens is 160 g/mol. The molecular formula is C7H10N2OS. The fourth-order valence-electron chi connectivity index (χ4n) is 0.536. The van der Waals surface area contributed by atoms with Crippen LogP contribution >= 0.6 is 11.3 Å². The van der Waals surface area contributed by atoms with Crippen molar-refractivity contribution < 1.29 is 4.74 Å². The van der Waals surface area contributed by atoms with Crippen molar-refractivity contribution in [1.82, 2.24) is 4.98 Å².